The van der Waals surface area contributed by atoms with Crippen LogP contribution in [-0.4, -0.2) is 24.1 Å². The lowest BCUT2D eigenvalue weighted by molar-refractivity contribution is -0.384. The number of methoxy groups -OCH3 is 2. The summed E-state index contributed by atoms with van der Waals surface area (Å²) in [6, 6.07) is 9.08. The van der Waals surface area contributed by atoms with Crippen LogP contribution in [0.4, 0.5) is 5.69 Å². The third-order valence-corrected chi connectivity index (χ3v) is 3.67. The highest BCUT2D eigenvalue weighted by molar-refractivity contribution is 5.80. The van der Waals surface area contributed by atoms with Crippen LogP contribution in [0.25, 0.3) is 23.1 Å². The molecule has 0 amide bonds. The van der Waals surface area contributed by atoms with Gasteiger partial charge >= 0.3 is 5.63 Å². The normalized spacial score (nSPS) is 11.0. The Morgan fingerprint density at radius 3 is 2.54 bits per heavy atom. The summed E-state index contributed by atoms with van der Waals surface area (Å²) in [7, 11) is 3.07. The molecule has 0 unspecified atom stereocenters. The number of nitro benzene ring substituents is 1. The predicted molar refractivity (Wildman–Crippen MR) is 95.4 cm³/mol. The lowest BCUT2D eigenvalue weighted by Gasteiger charge is -2.07. The minimum absolute atomic E-state index is 0.0396. The topological polar surface area (TPSA) is 105 Å². The quantitative estimate of drug-likeness (QED) is 0.511. The second-order valence-corrected chi connectivity index (χ2v) is 5.25. The SMILES string of the molecule is COc1ccc(/C=C/c2nc3cc([N+](=O)[O-])ccc3c(=O)o2)cc1OC. The van der Waals surface area contributed by atoms with Gasteiger partial charge in [-0.1, -0.05) is 6.07 Å². The highest BCUT2D eigenvalue weighted by Crippen LogP contribution is 2.28. The van der Waals surface area contributed by atoms with Crippen molar-refractivity contribution in [2.45, 2.75) is 0 Å². The van der Waals surface area contributed by atoms with Crippen LogP contribution >= 0.6 is 0 Å². The Kier molecular flexibility index (Phi) is 4.66. The van der Waals surface area contributed by atoms with Gasteiger partial charge in [0.05, 0.1) is 30.0 Å². The van der Waals surface area contributed by atoms with Crippen LogP contribution in [0.3, 0.4) is 0 Å². The molecule has 0 fully saturated rings. The first-order valence-corrected chi connectivity index (χ1v) is 7.51. The van der Waals surface area contributed by atoms with Gasteiger partial charge in [-0.3, -0.25) is 10.1 Å². The van der Waals surface area contributed by atoms with E-state index in [1.54, 1.807) is 31.4 Å². The number of nitro groups is 1. The van der Waals surface area contributed by atoms with E-state index in [-0.39, 0.29) is 22.5 Å². The van der Waals surface area contributed by atoms with Crippen molar-refractivity contribution >= 4 is 28.7 Å². The Morgan fingerprint density at radius 2 is 1.85 bits per heavy atom. The lowest BCUT2D eigenvalue weighted by atomic mass is 10.2. The molecule has 8 nitrogen and oxygen atoms in total. The first-order valence-electron chi connectivity index (χ1n) is 7.51. The summed E-state index contributed by atoms with van der Waals surface area (Å²) >= 11 is 0. The average Bonchev–Trinajstić information content (AvgIpc) is 2.65. The van der Waals surface area contributed by atoms with E-state index in [1.165, 1.54) is 31.4 Å². The summed E-state index contributed by atoms with van der Waals surface area (Å²) in [6.07, 6.45) is 3.18. The van der Waals surface area contributed by atoms with Gasteiger partial charge in [0, 0.05) is 18.2 Å². The summed E-state index contributed by atoms with van der Waals surface area (Å²) in [5, 5.41) is 11.1. The van der Waals surface area contributed by atoms with Crippen LogP contribution < -0.4 is 15.1 Å². The number of aromatic nitrogens is 1. The molecule has 0 aliphatic carbocycles. The number of benzene rings is 2. The molecule has 1 aromatic heterocycles. The molecule has 0 spiro atoms. The summed E-state index contributed by atoms with van der Waals surface area (Å²) < 4.78 is 15.5. The number of rotatable bonds is 5. The monoisotopic (exact) mass is 354 g/mol. The molecule has 0 bridgehead atoms. The van der Waals surface area contributed by atoms with Gasteiger partial charge in [-0.15, -0.1) is 0 Å². The number of non-ortho nitro benzene ring substituents is 1. The van der Waals surface area contributed by atoms with Crippen molar-refractivity contribution in [1.29, 1.82) is 0 Å². The minimum atomic E-state index is -0.614. The van der Waals surface area contributed by atoms with E-state index < -0.39 is 10.5 Å². The predicted octanol–water partition coefficient (Wildman–Crippen LogP) is 3.28. The van der Waals surface area contributed by atoms with E-state index in [0.717, 1.165) is 5.56 Å². The van der Waals surface area contributed by atoms with E-state index in [4.69, 9.17) is 13.9 Å². The van der Waals surface area contributed by atoms with Gasteiger partial charge in [0.15, 0.2) is 11.5 Å². The molecule has 2 aromatic carbocycles. The van der Waals surface area contributed by atoms with Gasteiger partial charge in [-0.2, -0.15) is 0 Å². The van der Waals surface area contributed by atoms with Crippen LogP contribution in [0, 0.1) is 10.1 Å². The van der Waals surface area contributed by atoms with Crippen LogP contribution in [-0.2, 0) is 0 Å². The molecule has 0 atom stereocenters. The zero-order valence-corrected chi connectivity index (χ0v) is 14.0. The van der Waals surface area contributed by atoms with Gasteiger partial charge in [0.2, 0.25) is 5.89 Å². The zero-order valence-electron chi connectivity index (χ0n) is 14.0. The summed E-state index contributed by atoms with van der Waals surface area (Å²) in [5.74, 6) is 1.18. The van der Waals surface area contributed by atoms with Crippen molar-refractivity contribution in [3.63, 3.8) is 0 Å². The minimum Gasteiger partial charge on any atom is -0.493 e. The summed E-state index contributed by atoms with van der Waals surface area (Å²) in [6.45, 7) is 0. The van der Waals surface area contributed by atoms with Gasteiger partial charge in [0.25, 0.3) is 5.69 Å². The second kappa shape index (κ2) is 7.06. The molecule has 1 heterocycles. The molecule has 0 N–H and O–H groups in total. The van der Waals surface area contributed by atoms with Crippen LogP contribution in [0.15, 0.2) is 45.6 Å². The van der Waals surface area contributed by atoms with Crippen LogP contribution in [0.2, 0.25) is 0 Å². The molecule has 0 saturated heterocycles. The van der Waals surface area contributed by atoms with Crippen molar-refractivity contribution in [3.8, 4) is 11.5 Å². The van der Waals surface area contributed by atoms with Gasteiger partial charge < -0.3 is 13.9 Å². The molecule has 0 radical (unpaired) electrons. The first-order chi connectivity index (χ1) is 12.5. The molecular formula is C18H14N2O6. The van der Waals surface area contributed by atoms with Crippen LogP contribution in [0.1, 0.15) is 11.5 Å². The summed E-state index contributed by atoms with van der Waals surface area (Å²) in [4.78, 5) is 26.5. The third kappa shape index (κ3) is 3.39. The molecule has 0 aliphatic heterocycles. The van der Waals surface area contributed by atoms with Gasteiger partial charge in [-0.25, -0.2) is 9.78 Å². The van der Waals surface area contributed by atoms with Crippen LogP contribution in [0.5, 0.6) is 11.5 Å². The Morgan fingerprint density at radius 1 is 1.08 bits per heavy atom. The fourth-order valence-corrected chi connectivity index (χ4v) is 2.39. The molecule has 26 heavy (non-hydrogen) atoms. The fraction of sp³-hybridized carbons (Fsp3) is 0.111. The molecule has 0 saturated carbocycles. The number of hydrogen-bond acceptors (Lipinski definition) is 7. The summed E-state index contributed by atoms with van der Waals surface area (Å²) in [5.41, 5.74) is 0.205. The molecular weight excluding hydrogens is 340 g/mol. The first kappa shape index (κ1) is 17.2. The van der Waals surface area contributed by atoms with E-state index >= 15 is 0 Å². The standard InChI is InChI=1S/C18H14N2O6/c1-24-15-7-3-11(9-16(15)25-2)4-8-17-19-14-10-12(20(22)23)5-6-13(14)18(21)26-17/h3-10H,1-2H3/b8-4+. The maximum absolute atomic E-state index is 12.0. The van der Waals surface area contributed by atoms with Crippen molar-refractivity contribution in [3.05, 3.63) is 68.4 Å². The lowest BCUT2D eigenvalue weighted by Crippen LogP contribution is -2.03. The number of fused-ring (bicyclic) bond motifs is 1. The molecule has 132 valence electrons. The number of nitrogens with zero attached hydrogens (tertiary/aromatic N) is 2. The number of hydrogen-bond donors (Lipinski definition) is 0. The van der Waals surface area contributed by atoms with E-state index in [2.05, 4.69) is 4.98 Å². The molecule has 0 aliphatic rings. The largest absolute Gasteiger partial charge is 0.493 e. The Hall–Kier alpha value is -3.68. The maximum atomic E-state index is 12.0. The zero-order chi connectivity index (χ0) is 18.7. The van der Waals surface area contributed by atoms with Gasteiger partial charge in [0.1, 0.15) is 0 Å². The maximum Gasteiger partial charge on any atom is 0.347 e. The Balaban J connectivity index is 1.99. The van der Waals surface area contributed by atoms with Crippen molar-refractivity contribution in [2.24, 2.45) is 0 Å². The van der Waals surface area contributed by atoms with Crippen molar-refractivity contribution < 1.29 is 18.8 Å². The van der Waals surface area contributed by atoms with E-state index in [9.17, 15) is 14.9 Å². The van der Waals surface area contributed by atoms with E-state index in [1.807, 2.05) is 0 Å². The number of ether oxygens (including phenoxy) is 2. The molecule has 8 heteroatoms. The average molecular weight is 354 g/mol. The Labute approximate surface area is 147 Å². The Bertz CT molecular complexity index is 1070. The smallest absolute Gasteiger partial charge is 0.347 e. The molecule has 3 rings (SSSR count). The fourth-order valence-electron chi connectivity index (χ4n) is 2.39. The highest BCUT2D eigenvalue weighted by Gasteiger charge is 2.11. The molecule has 3 aromatic rings. The van der Waals surface area contributed by atoms with Gasteiger partial charge in [-0.05, 0) is 29.8 Å². The van der Waals surface area contributed by atoms with Crippen molar-refractivity contribution in [1.82, 2.24) is 4.98 Å². The van der Waals surface area contributed by atoms with E-state index in [0.29, 0.717) is 11.5 Å². The second-order valence-electron chi connectivity index (χ2n) is 5.25. The third-order valence-electron chi connectivity index (χ3n) is 3.67. The highest BCUT2D eigenvalue weighted by atomic mass is 16.6. The van der Waals surface area contributed by atoms with Crippen molar-refractivity contribution in [2.75, 3.05) is 14.2 Å².